The lowest BCUT2D eigenvalue weighted by molar-refractivity contribution is 0.541. The van der Waals surface area contributed by atoms with Gasteiger partial charge in [-0.1, -0.05) is 30.3 Å². The number of nitrogens with two attached hydrogens (primary N) is 1. The van der Waals surface area contributed by atoms with Crippen LogP contribution in [0.4, 0.5) is 8.78 Å². The van der Waals surface area contributed by atoms with Crippen molar-refractivity contribution in [1.29, 1.82) is 0 Å². The molecule has 3 N–H and O–H groups in total. The maximum absolute atomic E-state index is 13.5. The molecular weight excluding hydrogens is 298 g/mol. The molecule has 0 saturated heterocycles. The summed E-state index contributed by atoms with van der Waals surface area (Å²) in [5.41, 5.74) is 6.59. The smallest absolute Gasteiger partial charge is 0.243 e. The van der Waals surface area contributed by atoms with Gasteiger partial charge in [0.25, 0.3) is 0 Å². The van der Waals surface area contributed by atoms with Gasteiger partial charge in [0.05, 0.1) is 0 Å². The number of benzene rings is 2. The van der Waals surface area contributed by atoms with Gasteiger partial charge in [-0.05, 0) is 23.8 Å². The first kappa shape index (κ1) is 15.6. The Morgan fingerprint density at radius 2 is 1.76 bits per heavy atom. The number of hydrogen-bond donors (Lipinski definition) is 2. The van der Waals surface area contributed by atoms with Crippen LogP contribution in [0.3, 0.4) is 0 Å². The van der Waals surface area contributed by atoms with E-state index in [1.165, 1.54) is 0 Å². The zero-order chi connectivity index (χ0) is 15.5. The van der Waals surface area contributed by atoms with E-state index in [0.717, 1.165) is 17.7 Å². The van der Waals surface area contributed by atoms with E-state index < -0.39 is 32.6 Å². The van der Waals surface area contributed by atoms with E-state index in [1.54, 1.807) is 24.3 Å². The minimum Gasteiger partial charge on any atom is -0.323 e. The minimum atomic E-state index is -4.16. The fourth-order valence-electron chi connectivity index (χ4n) is 1.78. The van der Waals surface area contributed by atoms with Gasteiger partial charge in [0.2, 0.25) is 10.0 Å². The lowest BCUT2D eigenvalue weighted by Gasteiger charge is -2.13. The number of nitrogens with one attached hydrogen (secondary N) is 1. The standard InChI is InChI=1S/C14H14F2N2O2S/c15-11-6-7-12(16)14(8-11)21(19,20)18-9-13(17)10-4-2-1-3-5-10/h1-8,13,18H,9,17H2/t13-/m1/s1. The van der Waals surface area contributed by atoms with Crippen LogP contribution in [0.15, 0.2) is 53.4 Å². The molecule has 0 unspecified atom stereocenters. The molecule has 0 spiro atoms. The van der Waals surface area contributed by atoms with Crippen LogP contribution in [-0.2, 0) is 10.0 Å². The Hall–Kier alpha value is -1.83. The third kappa shape index (κ3) is 3.84. The molecule has 7 heteroatoms. The second kappa shape index (κ2) is 6.30. The quantitative estimate of drug-likeness (QED) is 0.886. The van der Waals surface area contributed by atoms with Crippen molar-refractivity contribution in [3.8, 4) is 0 Å². The topological polar surface area (TPSA) is 72.2 Å². The molecule has 0 fully saturated rings. The zero-order valence-corrected chi connectivity index (χ0v) is 11.8. The van der Waals surface area contributed by atoms with E-state index in [1.807, 2.05) is 6.07 Å². The molecule has 2 rings (SSSR count). The minimum absolute atomic E-state index is 0.123. The highest BCUT2D eigenvalue weighted by Crippen LogP contribution is 2.16. The normalized spacial score (nSPS) is 13.1. The van der Waals surface area contributed by atoms with Crippen molar-refractivity contribution >= 4 is 10.0 Å². The van der Waals surface area contributed by atoms with Crippen molar-refractivity contribution in [2.75, 3.05) is 6.54 Å². The van der Waals surface area contributed by atoms with Crippen molar-refractivity contribution in [1.82, 2.24) is 4.72 Å². The predicted molar refractivity (Wildman–Crippen MR) is 74.9 cm³/mol. The summed E-state index contributed by atoms with van der Waals surface area (Å²) in [6.45, 7) is -0.123. The Balaban J connectivity index is 2.13. The summed E-state index contributed by atoms with van der Waals surface area (Å²) >= 11 is 0. The summed E-state index contributed by atoms with van der Waals surface area (Å²) in [4.78, 5) is -0.734. The molecule has 4 nitrogen and oxygen atoms in total. The van der Waals surface area contributed by atoms with Crippen LogP contribution in [0.2, 0.25) is 0 Å². The monoisotopic (exact) mass is 312 g/mol. The van der Waals surface area contributed by atoms with Crippen LogP contribution < -0.4 is 10.5 Å². The summed E-state index contributed by atoms with van der Waals surface area (Å²) in [6, 6.07) is 10.5. The van der Waals surface area contributed by atoms with E-state index >= 15 is 0 Å². The van der Waals surface area contributed by atoms with Crippen LogP contribution >= 0.6 is 0 Å². The average Bonchev–Trinajstić information content (AvgIpc) is 2.48. The first-order chi connectivity index (χ1) is 9.90. The average molecular weight is 312 g/mol. The Morgan fingerprint density at radius 1 is 1.10 bits per heavy atom. The lowest BCUT2D eigenvalue weighted by atomic mass is 10.1. The predicted octanol–water partition coefficient (Wildman–Crippen LogP) is 1.94. The van der Waals surface area contributed by atoms with E-state index in [0.29, 0.717) is 6.07 Å². The Kier molecular flexibility index (Phi) is 4.66. The maximum Gasteiger partial charge on any atom is 0.243 e. The molecular formula is C14H14F2N2O2S. The molecule has 112 valence electrons. The number of sulfonamides is 1. The highest BCUT2D eigenvalue weighted by molar-refractivity contribution is 7.89. The van der Waals surface area contributed by atoms with Crippen LogP contribution in [-0.4, -0.2) is 15.0 Å². The van der Waals surface area contributed by atoms with Gasteiger partial charge in [-0.3, -0.25) is 0 Å². The summed E-state index contributed by atoms with van der Waals surface area (Å²) < 4.78 is 52.7. The second-order valence-corrected chi connectivity index (χ2v) is 6.18. The molecule has 0 heterocycles. The molecule has 0 saturated carbocycles. The SMILES string of the molecule is N[C@H](CNS(=O)(=O)c1cc(F)ccc1F)c1ccccc1. The Bertz CT molecular complexity index is 721. The van der Waals surface area contributed by atoms with Crippen molar-refractivity contribution in [2.24, 2.45) is 5.73 Å². The van der Waals surface area contributed by atoms with Crippen LogP contribution in [0.1, 0.15) is 11.6 Å². The van der Waals surface area contributed by atoms with Crippen molar-refractivity contribution in [2.45, 2.75) is 10.9 Å². The number of hydrogen-bond acceptors (Lipinski definition) is 3. The van der Waals surface area contributed by atoms with Crippen molar-refractivity contribution in [3.05, 3.63) is 65.7 Å². The van der Waals surface area contributed by atoms with E-state index in [2.05, 4.69) is 4.72 Å². The van der Waals surface area contributed by atoms with Gasteiger partial charge in [-0.25, -0.2) is 21.9 Å². The van der Waals surface area contributed by atoms with Gasteiger partial charge in [-0.2, -0.15) is 0 Å². The molecule has 1 atom stereocenters. The molecule has 0 aliphatic heterocycles. The number of rotatable bonds is 5. The summed E-state index contributed by atoms with van der Waals surface area (Å²) in [5.74, 6) is -1.85. The fourth-order valence-corrected chi connectivity index (χ4v) is 2.93. The van der Waals surface area contributed by atoms with Crippen LogP contribution in [0, 0.1) is 11.6 Å². The Labute approximate surface area is 121 Å². The molecule has 0 aromatic heterocycles. The number of halogens is 2. The van der Waals surface area contributed by atoms with E-state index in [9.17, 15) is 17.2 Å². The van der Waals surface area contributed by atoms with Gasteiger partial charge < -0.3 is 5.73 Å². The molecule has 0 bridgehead atoms. The molecule has 2 aromatic rings. The highest BCUT2D eigenvalue weighted by Gasteiger charge is 2.20. The van der Waals surface area contributed by atoms with Gasteiger partial charge in [0.15, 0.2) is 0 Å². The van der Waals surface area contributed by atoms with Crippen molar-refractivity contribution < 1.29 is 17.2 Å². The van der Waals surface area contributed by atoms with E-state index in [4.69, 9.17) is 5.73 Å². The molecule has 0 radical (unpaired) electrons. The van der Waals surface area contributed by atoms with Gasteiger partial charge in [0.1, 0.15) is 16.5 Å². The van der Waals surface area contributed by atoms with Crippen molar-refractivity contribution in [3.63, 3.8) is 0 Å². The first-order valence-electron chi connectivity index (χ1n) is 6.15. The largest absolute Gasteiger partial charge is 0.323 e. The van der Waals surface area contributed by atoms with E-state index in [-0.39, 0.29) is 6.54 Å². The third-order valence-corrected chi connectivity index (χ3v) is 4.34. The molecule has 0 aliphatic carbocycles. The molecule has 21 heavy (non-hydrogen) atoms. The fraction of sp³-hybridized carbons (Fsp3) is 0.143. The first-order valence-corrected chi connectivity index (χ1v) is 7.64. The molecule has 0 amide bonds. The maximum atomic E-state index is 13.5. The van der Waals surface area contributed by atoms with Crippen LogP contribution in [0.5, 0.6) is 0 Å². The molecule has 0 aliphatic rings. The van der Waals surface area contributed by atoms with Gasteiger partial charge in [-0.15, -0.1) is 0 Å². The zero-order valence-electron chi connectivity index (χ0n) is 11.0. The lowest BCUT2D eigenvalue weighted by Crippen LogP contribution is -2.32. The third-order valence-electron chi connectivity index (χ3n) is 2.90. The summed E-state index contributed by atoms with van der Waals surface area (Å²) in [6.07, 6.45) is 0. The summed E-state index contributed by atoms with van der Waals surface area (Å²) in [7, 11) is -4.16. The van der Waals surface area contributed by atoms with Gasteiger partial charge in [0, 0.05) is 12.6 Å². The van der Waals surface area contributed by atoms with Crippen LogP contribution in [0.25, 0.3) is 0 Å². The highest BCUT2D eigenvalue weighted by atomic mass is 32.2. The summed E-state index contributed by atoms with van der Waals surface area (Å²) in [5, 5.41) is 0. The Morgan fingerprint density at radius 3 is 2.43 bits per heavy atom. The van der Waals surface area contributed by atoms with Gasteiger partial charge >= 0.3 is 0 Å². The second-order valence-electron chi connectivity index (χ2n) is 4.44. The molecule has 2 aromatic carbocycles.